The number of nitrogens with zero attached hydrogens (tertiary/aromatic N) is 2. The van der Waals surface area contributed by atoms with Gasteiger partial charge in [0.25, 0.3) is 0 Å². The highest BCUT2D eigenvalue weighted by atomic mass is 19.1. The Morgan fingerprint density at radius 3 is 2.62 bits per heavy atom. The molecule has 1 heterocycles. The number of carbonyl (C=O) groups is 1. The lowest BCUT2D eigenvalue weighted by atomic mass is 9.48. The molecule has 1 N–H and O–H groups in total. The van der Waals surface area contributed by atoms with E-state index in [0.29, 0.717) is 30.5 Å². The van der Waals surface area contributed by atoms with Crippen LogP contribution in [0.1, 0.15) is 70.8 Å². The van der Waals surface area contributed by atoms with Crippen molar-refractivity contribution < 1.29 is 19.1 Å². The Hall–Kier alpha value is -2.91. The van der Waals surface area contributed by atoms with Crippen molar-refractivity contribution in [1.29, 1.82) is 0 Å². The van der Waals surface area contributed by atoms with Crippen molar-refractivity contribution in [3.8, 4) is 11.8 Å². The summed E-state index contributed by atoms with van der Waals surface area (Å²) in [5, 5.41) is 12.8. The van der Waals surface area contributed by atoms with Crippen LogP contribution in [0.25, 0.3) is 0 Å². The molecule has 0 spiro atoms. The standard InChI is InChI=1S/C33H39FN2O3/c1-4-12-33(21(2)37)13-11-29-27-19-30(34)26-18-23(35-38)7-10-25(26)31(27)28(20-32(29,33)3)22-5-8-24(9-6-22)36-14-16-39-17-15-36/h5-6,8-9,18,27-30,38H,7,10-11,13-17,19-20H2,1-3H3/t27-,28+,29-,30?,32-,33+/m0/s1. The van der Waals surface area contributed by atoms with E-state index < -0.39 is 11.6 Å². The van der Waals surface area contributed by atoms with Gasteiger partial charge in [0.1, 0.15) is 12.0 Å². The number of morpholine rings is 1. The maximum atomic E-state index is 15.9. The molecule has 2 saturated carbocycles. The van der Waals surface area contributed by atoms with Gasteiger partial charge in [-0.2, -0.15) is 0 Å². The molecule has 1 aromatic carbocycles. The van der Waals surface area contributed by atoms with Crippen molar-refractivity contribution in [2.24, 2.45) is 27.8 Å². The maximum absolute atomic E-state index is 15.9. The molecule has 39 heavy (non-hydrogen) atoms. The van der Waals surface area contributed by atoms with Gasteiger partial charge in [0.2, 0.25) is 0 Å². The van der Waals surface area contributed by atoms with Gasteiger partial charge >= 0.3 is 0 Å². The number of ether oxygens (including phenoxy) is 1. The molecule has 3 fully saturated rings. The fourth-order valence-corrected chi connectivity index (χ4v) is 8.87. The molecule has 0 bridgehead atoms. The third-order valence-corrected chi connectivity index (χ3v) is 10.7. The Labute approximate surface area is 231 Å². The van der Waals surface area contributed by atoms with E-state index in [1.54, 1.807) is 13.0 Å². The zero-order valence-corrected chi connectivity index (χ0v) is 23.3. The topological polar surface area (TPSA) is 62.1 Å². The summed E-state index contributed by atoms with van der Waals surface area (Å²) in [5.74, 6) is 7.04. The molecule has 0 amide bonds. The summed E-state index contributed by atoms with van der Waals surface area (Å²) in [6.07, 6.45) is 4.86. The van der Waals surface area contributed by atoms with Crippen LogP contribution >= 0.6 is 0 Å². The summed E-state index contributed by atoms with van der Waals surface area (Å²) in [7, 11) is 0. The highest BCUT2D eigenvalue weighted by molar-refractivity contribution is 5.97. The van der Waals surface area contributed by atoms with Gasteiger partial charge in [-0.25, -0.2) is 4.39 Å². The van der Waals surface area contributed by atoms with Gasteiger partial charge < -0.3 is 14.8 Å². The lowest BCUT2D eigenvalue weighted by Gasteiger charge is -2.55. The van der Waals surface area contributed by atoms with Crippen molar-refractivity contribution in [3.05, 3.63) is 52.6 Å². The SMILES string of the molecule is CC#C[C@]1(C(C)=O)CC[C@H]2[C@@H]3CC(F)C4=CC(=NO)CCC4=C3[C@@H](c3ccc(N4CCOCC4)cc3)C[C@@]21C. The van der Waals surface area contributed by atoms with Gasteiger partial charge in [0.15, 0.2) is 0 Å². The first kappa shape index (κ1) is 26.3. The van der Waals surface area contributed by atoms with Gasteiger partial charge in [0, 0.05) is 24.7 Å². The number of allylic oxidation sites excluding steroid dienone is 4. The number of hydrogen-bond donors (Lipinski definition) is 1. The van der Waals surface area contributed by atoms with E-state index >= 15 is 4.39 Å². The minimum atomic E-state index is -1.10. The third-order valence-electron chi connectivity index (χ3n) is 10.7. The molecule has 1 aliphatic heterocycles. The van der Waals surface area contributed by atoms with Crippen LogP contribution in [0.2, 0.25) is 0 Å². The van der Waals surface area contributed by atoms with Gasteiger partial charge in [-0.1, -0.05) is 35.7 Å². The Balaban J connectivity index is 1.49. The molecule has 6 atom stereocenters. The first-order chi connectivity index (χ1) is 18.8. The number of benzene rings is 1. The highest BCUT2D eigenvalue weighted by Crippen LogP contribution is 2.69. The summed E-state index contributed by atoms with van der Waals surface area (Å²) in [6, 6.07) is 8.91. The van der Waals surface area contributed by atoms with Crippen LogP contribution in [-0.4, -0.2) is 49.2 Å². The molecule has 1 unspecified atom stereocenters. The Morgan fingerprint density at radius 1 is 1.21 bits per heavy atom. The maximum Gasteiger partial charge on any atom is 0.148 e. The molecule has 5 aliphatic rings. The number of oxime groups is 1. The summed E-state index contributed by atoms with van der Waals surface area (Å²) in [5.41, 5.74) is 5.12. The van der Waals surface area contributed by atoms with Gasteiger partial charge in [0.05, 0.1) is 24.3 Å². The number of rotatable bonds is 3. The molecule has 0 radical (unpaired) electrons. The van der Waals surface area contributed by atoms with Crippen LogP contribution in [0.5, 0.6) is 0 Å². The lowest BCUT2D eigenvalue weighted by Crippen LogP contribution is -2.51. The number of fused-ring (bicyclic) bond motifs is 4. The number of halogens is 1. The smallest absolute Gasteiger partial charge is 0.148 e. The van der Waals surface area contributed by atoms with Crippen LogP contribution in [0.3, 0.4) is 0 Å². The summed E-state index contributed by atoms with van der Waals surface area (Å²) < 4.78 is 21.5. The first-order valence-electron chi connectivity index (χ1n) is 14.5. The molecule has 6 heteroatoms. The second-order valence-corrected chi connectivity index (χ2v) is 12.3. The summed E-state index contributed by atoms with van der Waals surface area (Å²) in [6.45, 7) is 9.06. The van der Waals surface area contributed by atoms with E-state index in [1.165, 1.54) is 16.8 Å². The molecule has 206 valence electrons. The van der Waals surface area contributed by atoms with Gasteiger partial charge in [-0.05, 0) is 105 Å². The summed E-state index contributed by atoms with van der Waals surface area (Å²) >= 11 is 0. The predicted molar refractivity (Wildman–Crippen MR) is 151 cm³/mol. The quantitative estimate of drug-likeness (QED) is 0.286. The average molecular weight is 531 g/mol. The fraction of sp³-hybridized carbons (Fsp3) is 0.576. The number of alkyl halides is 1. The zero-order valence-electron chi connectivity index (χ0n) is 23.3. The van der Waals surface area contributed by atoms with Crippen LogP contribution in [0, 0.1) is 34.5 Å². The Morgan fingerprint density at radius 2 is 1.95 bits per heavy atom. The van der Waals surface area contributed by atoms with Crippen molar-refractivity contribution in [2.75, 3.05) is 31.2 Å². The van der Waals surface area contributed by atoms with Crippen molar-refractivity contribution >= 4 is 17.2 Å². The highest BCUT2D eigenvalue weighted by Gasteiger charge is 2.65. The van der Waals surface area contributed by atoms with Gasteiger partial charge in [-0.15, -0.1) is 5.92 Å². The second kappa shape index (κ2) is 9.93. The Kier molecular flexibility index (Phi) is 6.70. The minimum absolute atomic E-state index is 0.0716. The average Bonchev–Trinajstić information content (AvgIpc) is 3.26. The molecule has 1 saturated heterocycles. The van der Waals surface area contributed by atoms with E-state index in [1.807, 2.05) is 6.92 Å². The predicted octanol–water partition coefficient (Wildman–Crippen LogP) is 6.23. The first-order valence-corrected chi connectivity index (χ1v) is 14.5. The van der Waals surface area contributed by atoms with Crippen LogP contribution < -0.4 is 4.90 Å². The van der Waals surface area contributed by atoms with Crippen molar-refractivity contribution in [3.63, 3.8) is 0 Å². The molecular formula is C33H39FN2O3. The van der Waals surface area contributed by atoms with E-state index in [9.17, 15) is 10.0 Å². The number of ketones is 1. The van der Waals surface area contributed by atoms with Crippen molar-refractivity contribution in [2.45, 2.75) is 71.4 Å². The van der Waals surface area contributed by atoms with Gasteiger partial charge in [-0.3, -0.25) is 4.79 Å². The molecule has 6 rings (SSSR count). The third kappa shape index (κ3) is 3.99. The van der Waals surface area contributed by atoms with E-state index in [4.69, 9.17) is 4.74 Å². The van der Waals surface area contributed by atoms with Crippen molar-refractivity contribution in [1.82, 2.24) is 0 Å². The largest absolute Gasteiger partial charge is 0.411 e. The lowest BCUT2D eigenvalue weighted by molar-refractivity contribution is -0.130. The van der Waals surface area contributed by atoms with Crippen LogP contribution in [0.15, 0.2) is 52.2 Å². The second-order valence-electron chi connectivity index (χ2n) is 12.3. The normalized spacial score (nSPS) is 36.9. The summed E-state index contributed by atoms with van der Waals surface area (Å²) in [4.78, 5) is 15.7. The molecule has 1 aromatic rings. The van der Waals surface area contributed by atoms with Crippen LogP contribution in [-0.2, 0) is 9.53 Å². The fourth-order valence-electron chi connectivity index (χ4n) is 8.87. The number of carbonyl (C=O) groups excluding carboxylic acids is 1. The van der Waals surface area contributed by atoms with E-state index in [-0.39, 0.29) is 29.0 Å². The monoisotopic (exact) mass is 530 g/mol. The number of Topliss-reactive ketones (excluding diaryl/α,β-unsaturated/α-hetero) is 1. The molecule has 4 aliphatic carbocycles. The molecular weight excluding hydrogens is 491 g/mol. The molecule has 0 aromatic heterocycles. The molecule has 5 nitrogen and oxygen atoms in total. The number of hydrogen-bond acceptors (Lipinski definition) is 5. The van der Waals surface area contributed by atoms with Crippen LogP contribution in [0.4, 0.5) is 10.1 Å². The van der Waals surface area contributed by atoms with E-state index in [2.05, 4.69) is 53.1 Å². The zero-order chi connectivity index (χ0) is 27.4. The van der Waals surface area contributed by atoms with E-state index in [0.717, 1.165) is 51.1 Å². The number of anilines is 1. The Bertz CT molecular complexity index is 1310. The minimum Gasteiger partial charge on any atom is -0.411 e.